The molecule has 1 aromatic carbocycles. The van der Waals surface area contributed by atoms with Gasteiger partial charge in [-0.3, -0.25) is 0 Å². The molecule has 13 heavy (non-hydrogen) atoms. The Balaban J connectivity index is 0.000000396. The zero-order valence-electron chi connectivity index (χ0n) is 7.77. The van der Waals surface area contributed by atoms with E-state index in [9.17, 15) is 8.78 Å². The first-order valence-electron chi connectivity index (χ1n) is 4.42. The molecule has 0 atom stereocenters. The van der Waals surface area contributed by atoms with Crippen molar-refractivity contribution in [1.29, 1.82) is 0 Å². The van der Waals surface area contributed by atoms with Gasteiger partial charge in [-0.15, -0.1) is 0 Å². The zero-order valence-corrected chi connectivity index (χ0v) is 7.77. The van der Waals surface area contributed by atoms with Crippen LogP contribution in [0.15, 0.2) is 18.2 Å². The number of hydrogen-bond acceptors (Lipinski definition) is 0. The first-order chi connectivity index (χ1) is 6.27. The molecule has 0 fully saturated rings. The second-order valence-corrected chi connectivity index (χ2v) is 2.57. The lowest BCUT2D eigenvalue weighted by Gasteiger charge is -1.98. The summed E-state index contributed by atoms with van der Waals surface area (Å²) in [5.41, 5.74) is 1.66. The van der Waals surface area contributed by atoms with Crippen molar-refractivity contribution in [3.63, 3.8) is 0 Å². The van der Waals surface area contributed by atoms with Crippen LogP contribution >= 0.6 is 0 Å². The van der Waals surface area contributed by atoms with E-state index >= 15 is 0 Å². The molecule has 70 valence electrons. The highest BCUT2D eigenvalue weighted by atomic mass is 19.2. The Morgan fingerprint density at radius 2 is 1.69 bits per heavy atom. The monoisotopic (exact) mass is 182 g/mol. The summed E-state index contributed by atoms with van der Waals surface area (Å²) in [6.07, 6.45) is 4.41. The molecule has 0 aliphatic heterocycles. The fraction of sp³-hybridized carbons (Fsp3) is 0.273. The third-order valence-electron chi connectivity index (χ3n) is 1.82. The summed E-state index contributed by atoms with van der Waals surface area (Å²) >= 11 is 0. The van der Waals surface area contributed by atoms with Gasteiger partial charge in [-0.2, -0.15) is 0 Å². The molecule has 0 spiro atoms. The Labute approximate surface area is 76.9 Å². The number of allylic oxidation sites excluding steroid dienone is 1. The van der Waals surface area contributed by atoms with Crippen molar-refractivity contribution < 1.29 is 8.78 Å². The van der Waals surface area contributed by atoms with Crippen molar-refractivity contribution in [1.82, 2.24) is 0 Å². The highest BCUT2D eigenvalue weighted by Crippen LogP contribution is 2.21. The molecule has 0 bridgehead atoms. The predicted molar refractivity (Wildman–Crippen MR) is 50.4 cm³/mol. The highest BCUT2D eigenvalue weighted by Gasteiger charge is 2.09. The van der Waals surface area contributed by atoms with Crippen LogP contribution in [0.5, 0.6) is 0 Å². The van der Waals surface area contributed by atoms with Crippen molar-refractivity contribution in [3.05, 3.63) is 41.0 Å². The predicted octanol–water partition coefficient (Wildman–Crippen LogP) is 3.56. The van der Waals surface area contributed by atoms with Gasteiger partial charge in [0.2, 0.25) is 0 Å². The largest absolute Gasteiger partial charge is 0.204 e. The van der Waals surface area contributed by atoms with Crippen LogP contribution in [0.3, 0.4) is 0 Å². The van der Waals surface area contributed by atoms with Crippen molar-refractivity contribution in [2.75, 3.05) is 0 Å². The summed E-state index contributed by atoms with van der Waals surface area (Å²) in [6.45, 7) is 4.00. The number of hydrogen-bond donors (Lipinski definition) is 0. The summed E-state index contributed by atoms with van der Waals surface area (Å²) < 4.78 is 25.1. The molecule has 0 amide bonds. The first kappa shape index (κ1) is 9.90. The Hall–Kier alpha value is -1.18. The maximum Gasteiger partial charge on any atom is 0.159 e. The van der Waals surface area contributed by atoms with Crippen LogP contribution in [0.2, 0.25) is 0 Å². The molecule has 0 aromatic heterocycles. The summed E-state index contributed by atoms with van der Waals surface area (Å²) in [4.78, 5) is 0. The lowest BCUT2D eigenvalue weighted by Crippen LogP contribution is -1.88. The molecule has 0 unspecified atom stereocenters. The normalized spacial score (nSPS) is 12.0. The molecule has 1 aliphatic rings. The van der Waals surface area contributed by atoms with Gasteiger partial charge in [0.25, 0.3) is 0 Å². The van der Waals surface area contributed by atoms with Gasteiger partial charge in [0.1, 0.15) is 0 Å². The van der Waals surface area contributed by atoms with Crippen LogP contribution in [-0.4, -0.2) is 0 Å². The highest BCUT2D eigenvalue weighted by molar-refractivity contribution is 5.59. The van der Waals surface area contributed by atoms with E-state index in [1.54, 1.807) is 6.08 Å². The van der Waals surface area contributed by atoms with Gasteiger partial charge in [0, 0.05) is 0 Å². The molecule has 0 saturated carbocycles. The molecule has 2 heteroatoms. The van der Waals surface area contributed by atoms with E-state index in [4.69, 9.17) is 0 Å². The number of halogens is 2. The van der Waals surface area contributed by atoms with E-state index in [0.717, 1.165) is 11.1 Å². The Kier molecular flexibility index (Phi) is 3.18. The van der Waals surface area contributed by atoms with E-state index < -0.39 is 11.6 Å². The van der Waals surface area contributed by atoms with Crippen molar-refractivity contribution in [2.24, 2.45) is 0 Å². The summed E-state index contributed by atoms with van der Waals surface area (Å²) in [5, 5.41) is 0. The molecule has 0 N–H and O–H groups in total. The Bertz CT molecular complexity index is 327. The van der Waals surface area contributed by atoms with Crippen LogP contribution in [0.1, 0.15) is 25.0 Å². The fourth-order valence-electron chi connectivity index (χ4n) is 1.25. The third kappa shape index (κ3) is 1.94. The van der Waals surface area contributed by atoms with E-state index in [1.807, 2.05) is 19.9 Å². The maximum atomic E-state index is 12.6. The molecular formula is C11H12F2. The van der Waals surface area contributed by atoms with Gasteiger partial charge in [-0.05, 0) is 29.7 Å². The third-order valence-corrected chi connectivity index (χ3v) is 1.82. The molecular weight excluding hydrogens is 170 g/mol. The quantitative estimate of drug-likeness (QED) is 0.575. The molecule has 2 rings (SSSR count). The van der Waals surface area contributed by atoms with Crippen molar-refractivity contribution in [2.45, 2.75) is 20.3 Å². The van der Waals surface area contributed by atoms with E-state index in [-0.39, 0.29) is 0 Å². The summed E-state index contributed by atoms with van der Waals surface area (Å²) in [6, 6.07) is 2.48. The van der Waals surface area contributed by atoms with E-state index in [1.165, 1.54) is 12.1 Å². The number of benzene rings is 1. The van der Waals surface area contributed by atoms with Gasteiger partial charge < -0.3 is 0 Å². The molecule has 1 aromatic rings. The molecule has 0 radical (unpaired) electrons. The fourth-order valence-corrected chi connectivity index (χ4v) is 1.25. The van der Waals surface area contributed by atoms with Gasteiger partial charge in [0.15, 0.2) is 11.6 Å². The summed E-state index contributed by atoms with van der Waals surface area (Å²) in [5.74, 6) is -1.53. The van der Waals surface area contributed by atoms with Gasteiger partial charge in [-0.1, -0.05) is 26.0 Å². The first-order valence-corrected chi connectivity index (χ1v) is 4.42. The minimum atomic E-state index is -0.768. The minimum Gasteiger partial charge on any atom is -0.204 e. The van der Waals surface area contributed by atoms with Crippen LogP contribution < -0.4 is 0 Å². The maximum absolute atomic E-state index is 12.6. The van der Waals surface area contributed by atoms with E-state index in [2.05, 4.69) is 0 Å². The Morgan fingerprint density at radius 1 is 1.08 bits per heavy atom. The van der Waals surface area contributed by atoms with Crippen LogP contribution in [0, 0.1) is 11.6 Å². The van der Waals surface area contributed by atoms with Crippen LogP contribution in [0.25, 0.3) is 6.08 Å². The minimum absolute atomic E-state index is 0.715. The number of rotatable bonds is 0. The van der Waals surface area contributed by atoms with Gasteiger partial charge in [-0.25, -0.2) is 8.78 Å². The SMILES string of the molecule is CC.Fc1cc2c(cc1F)CC=C2. The van der Waals surface area contributed by atoms with Crippen molar-refractivity contribution in [3.8, 4) is 0 Å². The average Bonchev–Trinajstić information content (AvgIpc) is 2.56. The topological polar surface area (TPSA) is 0 Å². The Morgan fingerprint density at radius 3 is 2.38 bits per heavy atom. The zero-order chi connectivity index (χ0) is 9.84. The number of fused-ring (bicyclic) bond motifs is 1. The van der Waals surface area contributed by atoms with Gasteiger partial charge >= 0.3 is 0 Å². The standard InChI is InChI=1S/C9H6F2.C2H6/c10-8-4-6-2-1-3-7(6)5-9(8)11;1-2/h1-2,4-5H,3H2;1-2H3. The van der Waals surface area contributed by atoms with Crippen molar-refractivity contribution >= 4 is 6.08 Å². The van der Waals surface area contributed by atoms with E-state index in [0.29, 0.717) is 6.42 Å². The van der Waals surface area contributed by atoms with Crippen LogP contribution in [0.4, 0.5) is 8.78 Å². The second-order valence-electron chi connectivity index (χ2n) is 2.57. The summed E-state index contributed by atoms with van der Waals surface area (Å²) in [7, 11) is 0. The lowest BCUT2D eigenvalue weighted by molar-refractivity contribution is 0.507. The second kappa shape index (κ2) is 4.17. The van der Waals surface area contributed by atoms with Crippen LogP contribution in [-0.2, 0) is 6.42 Å². The molecule has 1 aliphatic carbocycles. The molecule has 0 heterocycles. The average molecular weight is 182 g/mol. The molecule has 0 saturated heterocycles. The van der Waals surface area contributed by atoms with Gasteiger partial charge in [0.05, 0.1) is 0 Å². The lowest BCUT2D eigenvalue weighted by atomic mass is 10.1. The molecule has 0 nitrogen and oxygen atoms in total. The smallest absolute Gasteiger partial charge is 0.159 e.